The fourth-order valence-corrected chi connectivity index (χ4v) is 4.90. The van der Waals surface area contributed by atoms with Crippen molar-refractivity contribution in [1.29, 1.82) is 0 Å². The molecular weight excluding hydrogens is 470 g/mol. The summed E-state index contributed by atoms with van der Waals surface area (Å²) in [6.07, 6.45) is 3.62. The maximum absolute atomic E-state index is 6.41. The Labute approximate surface area is 214 Å². The molecule has 7 heteroatoms. The van der Waals surface area contributed by atoms with Crippen LogP contribution in [0.5, 0.6) is 0 Å². The molecular formula is C29H26ClN5O. The first-order valence-electron chi connectivity index (χ1n) is 12.2. The summed E-state index contributed by atoms with van der Waals surface area (Å²) in [5.41, 5.74) is 7.51. The third-order valence-corrected chi connectivity index (χ3v) is 6.79. The lowest BCUT2D eigenvalue weighted by Gasteiger charge is -2.22. The SMILES string of the molecule is Cc1ncccc1Nc1cc2nc3ccccc3n(-c3cccc(Cl)c3)c-2cc1=NC1CCOCC1. The topological polar surface area (TPSA) is 64.3 Å². The van der Waals surface area contributed by atoms with Crippen molar-refractivity contribution in [3.63, 3.8) is 0 Å². The number of para-hydroxylation sites is 2. The maximum Gasteiger partial charge on any atom is 0.0900 e. The summed E-state index contributed by atoms with van der Waals surface area (Å²) in [7, 11) is 0. The molecule has 3 aromatic rings. The highest BCUT2D eigenvalue weighted by Gasteiger charge is 2.18. The van der Waals surface area contributed by atoms with Crippen LogP contribution in [0.4, 0.5) is 11.4 Å². The normalized spacial score (nSPS) is 15.0. The van der Waals surface area contributed by atoms with E-state index >= 15 is 0 Å². The van der Waals surface area contributed by atoms with E-state index in [0.717, 1.165) is 76.6 Å². The van der Waals surface area contributed by atoms with Crippen LogP contribution in [0.15, 0.2) is 84.0 Å². The molecule has 1 fully saturated rings. The van der Waals surface area contributed by atoms with Crippen LogP contribution in [0.2, 0.25) is 5.02 Å². The molecule has 0 spiro atoms. The number of fused-ring (bicyclic) bond motifs is 2. The number of aromatic nitrogens is 3. The van der Waals surface area contributed by atoms with E-state index in [-0.39, 0.29) is 6.04 Å². The van der Waals surface area contributed by atoms with Crippen molar-refractivity contribution in [2.75, 3.05) is 18.5 Å². The van der Waals surface area contributed by atoms with Crippen LogP contribution in [0.3, 0.4) is 0 Å². The number of hydrogen-bond acceptors (Lipinski definition) is 5. The number of anilines is 2. The molecule has 3 heterocycles. The first kappa shape index (κ1) is 22.7. The van der Waals surface area contributed by atoms with Gasteiger partial charge >= 0.3 is 0 Å². The molecule has 36 heavy (non-hydrogen) atoms. The maximum atomic E-state index is 6.41. The van der Waals surface area contributed by atoms with Crippen molar-refractivity contribution < 1.29 is 4.74 Å². The number of pyridine rings is 1. The molecule has 180 valence electrons. The fourth-order valence-electron chi connectivity index (χ4n) is 4.71. The summed E-state index contributed by atoms with van der Waals surface area (Å²) >= 11 is 6.41. The molecule has 0 bridgehead atoms. The Morgan fingerprint density at radius 1 is 0.972 bits per heavy atom. The number of nitrogens with zero attached hydrogens (tertiary/aromatic N) is 4. The number of rotatable bonds is 4. The van der Waals surface area contributed by atoms with Crippen LogP contribution < -0.4 is 10.7 Å². The quantitative estimate of drug-likeness (QED) is 0.297. The fraction of sp³-hybridized carbons (Fsp3) is 0.207. The Morgan fingerprint density at radius 2 is 1.83 bits per heavy atom. The van der Waals surface area contributed by atoms with Gasteiger partial charge in [-0.15, -0.1) is 0 Å². The third-order valence-electron chi connectivity index (χ3n) is 6.55. The summed E-state index contributed by atoms with van der Waals surface area (Å²) in [6.45, 7) is 3.47. The van der Waals surface area contributed by atoms with Gasteiger partial charge in [-0.25, -0.2) is 4.98 Å². The van der Waals surface area contributed by atoms with Gasteiger partial charge in [-0.05, 0) is 74.4 Å². The van der Waals surface area contributed by atoms with E-state index < -0.39 is 0 Å². The lowest BCUT2D eigenvalue weighted by atomic mass is 10.1. The molecule has 3 aliphatic rings. The van der Waals surface area contributed by atoms with Gasteiger partial charge in [-0.3, -0.25) is 9.98 Å². The molecule has 6 nitrogen and oxygen atoms in total. The molecule has 0 amide bonds. The van der Waals surface area contributed by atoms with E-state index in [1.165, 1.54) is 0 Å². The van der Waals surface area contributed by atoms with Gasteiger partial charge < -0.3 is 14.6 Å². The molecule has 0 radical (unpaired) electrons. The minimum Gasteiger partial charge on any atom is -0.381 e. The summed E-state index contributed by atoms with van der Waals surface area (Å²) in [4.78, 5) is 14.7. The van der Waals surface area contributed by atoms with E-state index in [2.05, 4.69) is 39.1 Å². The van der Waals surface area contributed by atoms with E-state index in [1.54, 1.807) is 6.20 Å². The molecule has 0 unspecified atom stereocenters. The van der Waals surface area contributed by atoms with E-state index in [4.69, 9.17) is 26.3 Å². The zero-order valence-corrected chi connectivity index (χ0v) is 20.7. The van der Waals surface area contributed by atoms with Crippen LogP contribution >= 0.6 is 11.6 Å². The van der Waals surface area contributed by atoms with Gasteiger partial charge in [0.15, 0.2) is 0 Å². The van der Waals surface area contributed by atoms with Crippen molar-refractivity contribution >= 4 is 34.0 Å². The molecule has 1 N–H and O–H groups in total. The monoisotopic (exact) mass is 495 g/mol. The Morgan fingerprint density at radius 3 is 2.67 bits per heavy atom. The second kappa shape index (κ2) is 9.72. The van der Waals surface area contributed by atoms with E-state index in [1.807, 2.05) is 55.5 Å². The Hall–Kier alpha value is -3.74. The molecule has 1 saturated heterocycles. The van der Waals surface area contributed by atoms with E-state index in [9.17, 15) is 0 Å². The van der Waals surface area contributed by atoms with Crippen molar-refractivity contribution in [1.82, 2.24) is 14.5 Å². The summed E-state index contributed by atoms with van der Waals surface area (Å²) < 4.78 is 7.79. The molecule has 2 aliphatic heterocycles. The minimum absolute atomic E-state index is 0.208. The van der Waals surface area contributed by atoms with Gasteiger partial charge in [0, 0.05) is 30.1 Å². The average Bonchev–Trinajstić information content (AvgIpc) is 2.89. The van der Waals surface area contributed by atoms with Gasteiger partial charge in [0.2, 0.25) is 0 Å². The minimum atomic E-state index is 0.208. The average molecular weight is 496 g/mol. The molecule has 0 saturated carbocycles. The molecule has 0 atom stereocenters. The van der Waals surface area contributed by atoms with Gasteiger partial charge in [-0.2, -0.15) is 0 Å². The Bertz CT molecular complexity index is 1590. The van der Waals surface area contributed by atoms with Crippen LogP contribution in [0.25, 0.3) is 28.1 Å². The largest absolute Gasteiger partial charge is 0.381 e. The second-order valence-corrected chi connectivity index (χ2v) is 9.44. The lowest BCUT2D eigenvalue weighted by molar-refractivity contribution is 0.0864. The Kier molecular flexibility index (Phi) is 6.13. The zero-order valence-electron chi connectivity index (χ0n) is 20.0. The molecule has 6 rings (SSSR count). The van der Waals surface area contributed by atoms with Gasteiger partial charge in [0.05, 0.1) is 50.9 Å². The predicted octanol–water partition coefficient (Wildman–Crippen LogP) is 6.31. The lowest BCUT2D eigenvalue weighted by Crippen LogP contribution is -2.23. The highest BCUT2D eigenvalue weighted by atomic mass is 35.5. The zero-order chi connectivity index (χ0) is 24.5. The van der Waals surface area contributed by atoms with Crippen molar-refractivity contribution in [3.05, 3.63) is 95.1 Å². The standard InChI is InChI=1S/C29H26ClN5O/c1-19-23(9-5-13-31-19)33-25-17-27-29(18-26(25)32-21-11-14-36-15-12-21)35(22-7-4-6-20(30)16-22)28-10-3-2-8-24(28)34-27/h2-10,13,16-18,21,33H,11-12,14-15H2,1H3. The number of benzene rings is 3. The van der Waals surface area contributed by atoms with Crippen molar-refractivity contribution in [3.8, 4) is 17.1 Å². The van der Waals surface area contributed by atoms with Gasteiger partial charge in [0.25, 0.3) is 0 Å². The smallest absolute Gasteiger partial charge is 0.0900 e. The van der Waals surface area contributed by atoms with Crippen LogP contribution in [0.1, 0.15) is 18.5 Å². The first-order valence-corrected chi connectivity index (χ1v) is 12.6. The number of ether oxygens (including phenoxy) is 1. The van der Waals surface area contributed by atoms with Crippen molar-refractivity contribution in [2.45, 2.75) is 25.8 Å². The number of halogens is 1. The Balaban J connectivity index is 1.64. The van der Waals surface area contributed by atoms with E-state index in [0.29, 0.717) is 5.02 Å². The molecule has 2 aromatic carbocycles. The highest BCUT2D eigenvalue weighted by molar-refractivity contribution is 6.30. The number of nitrogens with one attached hydrogen (secondary N) is 1. The highest BCUT2D eigenvalue weighted by Crippen LogP contribution is 2.31. The van der Waals surface area contributed by atoms with Crippen molar-refractivity contribution in [2.24, 2.45) is 4.99 Å². The molecule has 1 aliphatic carbocycles. The predicted molar refractivity (Wildman–Crippen MR) is 144 cm³/mol. The van der Waals surface area contributed by atoms with Crippen LogP contribution in [0, 0.1) is 6.92 Å². The summed E-state index contributed by atoms with van der Waals surface area (Å²) in [5.74, 6) is 0. The van der Waals surface area contributed by atoms with Gasteiger partial charge in [0.1, 0.15) is 0 Å². The number of hydrogen-bond donors (Lipinski definition) is 1. The summed E-state index contributed by atoms with van der Waals surface area (Å²) in [5, 5.41) is 5.16. The van der Waals surface area contributed by atoms with Crippen LogP contribution in [-0.4, -0.2) is 33.8 Å². The first-order chi connectivity index (χ1) is 17.7. The van der Waals surface area contributed by atoms with Gasteiger partial charge in [-0.1, -0.05) is 29.8 Å². The summed E-state index contributed by atoms with van der Waals surface area (Å²) in [6, 6.07) is 24.5. The molecule has 1 aromatic heterocycles. The second-order valence-electron chi connectivity index (χ2n) is 9.01. The third kappa shape index (κ3) is 4.45. The number of aryl methyl sites for hydroxylation is 1. The van der Waals surface area contributed by atoms with Crippen LogP contribution in [-0.2, 0) is 4.74 Å².